The molecule has 0 radical (unpaired) electrons. The van der Waals surface area contributed by atoms with Gasteiger partial charge in [-0.05, 0) is 31.0 Å². The third-order valence-corrected chi connectivity index (χ3v) is 3.30. The fourth-order valence-electron chi connectivity index (χ4n) is 2.10. The number of benzene rings is 1. The number of hydrogen-bond acceptors (Lipinski definition) is 3. The second kappa shape index (κ2) is 5.79. The summed E-state index contributed by atoms with van der Waals surface area (Å²) in [7, 11) is 0. The molecule has 3 aromatic rings. The van der Waals surface area contributed by atoms with E-state index in [2.05, 4.69) is 41.3 Å². The van der Waals surface area contributed by atoms with Crippen LogP contribution in [0, 0.1) is 13.8 Å². The molecule has 0 saturated heterocycles. The zero-order valence-electron chi connectivity index (χ0n) is 12.2. The molecule has 0 atom stereocenters. The predicted octanol–water partition coefficient (Wildman–Crippen LogP) is 3.46. The molecule has 0 fully saturated rings. The fourth-order valence-corrected chi connectivity index (χ4v) is 2.10. The van der Waals surface area contributed by atoms with Crippen LogP contribution in [0.5, 0.6) is 5.88 Å². The Morgan fingerprint density at radius 1 is 1.00 bits per heavy atom. The van der Waals surface area contributed by atoms with E-state index < -0.39 is 0 Å². The van der Waals surface area contributed by atoms with Crippen LogP contribution in [-0.2, 0) is 6.61 Å². The van der Waals surface area contributed by atoms with Crippen molar-refractivity contribution in [1.82, 2.24) is 14.8 Å². The first-order valence-corrected chi connectivity index (χ1v) is 6.88. The average Bonchev–Trinajstić information content (AvgIpc) is 2.95. The monoisotopic (exact) mass is 279 g/mol. The van der Waals surface area contributed by atoms with Gasteiger partial charge in [-0.15, -0.1) is 0 Å². The zero-order valence-corrected chi connectivity index (χ0v) is 12.2. The molecule has 0 N–H and O–H groups in total. The molecule has 0 spiro atoms. The van der Waals surface area contributed by atoms with Crippen LogP contribution in [0.25, 0.3) is 5.82 Å². The summed E-state index contributed by atoms with van der Waals surface area (Å²) in [5.41, 5.74) is 3.43. The summed E-state index contributed by atoms with van der Waals surface area (Å²) in [5, 5.41) is 4.30. The molecule has 2 aromatic heterocycles. The van der Waals surface area contributed by atoms with Crippen molar-refractivity contribution in [2.45, 2.75) is 20.5 Å². The number of aryl methyl sites for hydroxylation is 2. The predicted molar refractivity (Wildman–Crippen MR) is 81.6 cm³/mol. The number of rotatable bonds is 4. The van der Waals surface area contributed by atoms with E-state index in [-0.39, 0.29) is 0 Å². The van der Waals surface area contributed by atoms with Crippen molar-refractivity contribution in [2.24, 2.45) is 0 Å². The van der Waals surface area contributed by atoms with Crippen LogP contribution >= 0.6 is 0 Å². The molecule has 0 amide bonds. The van der Waals surface area contributed by atoms with Crippen LogP contribution in [0.4, 0.5) is 0 Å². The summed E-state index contributed by atoms with van der Waals surface area (Å²) in [5.74, 6) is 1.48. The van der Waals surface area contributed by atoms with Gasteiger partial charge in [-0.1, -0.05) is 35.9 Å². The molecule has 4 nitrogen and oxygen atoms in total. The number of hydrogen-bond donors (Lipinski definition) is 0. The first kappa shape index (κ1) is 13.4. The molecular formula is C17H17N3O. The smallest absolute Gasteiger partial charge is 0.218 e. The van der Waals surface area contributed by atoms with Gasteiger partial charge in [-0.25, -0.2) is 4.98 Å². The van der Waals surface area contributed by atoms with Gasteiger partial charge in [0.05, 0.1) is 6.20 Å². The molecule has 0 aliphatic heterocycles. The van der Waals surface area contributed by atoms with E-state index in [1.54, 1.807) is 17.1 Å². The summed E-state index contributed by atoms with van der Waals surface area (Å²) in [6.45, 7) is 4.59. The molecule has 0 aliphatic rings. The summed E-state index contributed by atoms with van der Waals surface area (Å²) < 4.78 is 7.60. The Morgan fingerprint density at radius 2 is 1.81 bits per heavy atom. The number of pyridine rings is 1. The first-order valence-electron chi connectivity index (χ1n) is 6.88. The van der Waals surface area contributed by atoms with Gasteiger partial charge in [0.2, 0.25) is 5.88 Å². The quantitative estimate of drug-likeness (QED) is 0.734. The van der Waals surface area contributed by atoms with Crippen molar-refractivity contribution in [2.75, 3.05) is 0 Å². The maximum Gasteiger partial charge on any atom is 0.218 e. The summed E-state index contributed by atoms with van der Waals surface area (Å²) in [4.78, 5) is 4.37. The van der Waals surface area contributed by atoms with Crippen molar-refractivity contribution in [1.29, 1.82) is 0 Å². The maximum absolute atomic E-state index is 5.87. The van der Waals surface area contributed by atoms with Gasteiger partial charge in [0.1, 0.15) is 6.61 Å². The van der Waals surface area contributed by atoms with Gasteiger partial charge in [0.15, 0.2) is 5.82 Å². The highest BCUT2D eigenvalue weighted by Crippen LogP contribution is 2.19. The number of nitrogens with zero attached hydrogens (tertiary/aromatic N) is 3. The summed E-state index contributed by atoms with van der Waals surface area (Å²) in [6, 6.07) is 14.1. The summed E-state index contributed by atoms with van der Waals surface area (Å²) >= 11 is 0. The van der Waals surface area contributed by atoms with Gasteiger partial charge in [-0.3, -0.25) is 0 Å². The van der Waals surface area contributed by atoms with E-state index >= 15 is 0 Å². The highest BCUT2D eigenvalue weighted by molar-refractivity contribution is 5.35. The molecule has 2 heterocycles. The lowest BCUT2D eigenvalue weighted by Gasteiger charge is -2.10. The van der Waals surface area contributed by atoms with E-state index in [1.165, 1.54) is 5.56 Å². The SMILES string of the molecule is Cc1ccc(COc2ccnn2-c2ncccc2C)cc1. The highest BCUT2D eigenvalue weighted by atomic mass is 16.5. The lowest BCUT2D eigenvalue weighted by Crippen LogP contribution is -2.06. The Labute approximate surface area is 124 Å². The standard InChI is InChI=1S/C17H17N3O/c1-13-5-7-15(8-6-13)12-21-16-9-11-19-20(16)17-14(2)4-3-10-18-17/h3-11H,12H2,1-2H3. The van der Waals surface area contributed by atoms with Gasteiger partial charge in [-0.2, -0.15) is 9.78 Å². The largest absolute Gasteiger partial charge is 0.473 e. The Hall–Kier alpha value is -2.62. The zero-order chi connectivity index (χ0) is 14.7. The Bertz CT molecular complexity index is 732. The Kier molecular flexibility index (Phi) is 3.69. The Balaban J connectivity index is 1.80. The molecule has 3 rings (SSSR count). The van der Waals surface area contributed by atoms with Crippen LogP contribution in [0.1, 0.15) is 16.7 Å². The highest BCUT2D eigenvalue weighted by Gasteiger charge is 2.09. The molecule has 0 bridgehead atoms. The van der Waals surface area contributed by atoms with Gasteiger partial charge in [0.25, 0.3) is 0 Å². The lowest BCUT2D eigenvalue weighted by atomic mass is 10.2. The van der Waals surface area contributed by atoms with Crippen molar-refractivity contribution < 1.29 is 4.74 Å². The average molecular weight is 279 g/mol. The van der Waals surface area contributed by atoms with Crippen molar-refractivity contribution in [3.8, 4) is 11.7 Å². The number of ether oxygens (including phenoxy) is 1. The topological polar surface area (TPSA) is 39.9 Å². The molecule has 0 saturated carbocycles. The molecule has 106 valence electrons. The van der Waals surface area contributed by atoms with Crippen LogP contribution in [0.15, 0.2) is 54.9 Å². The van der Waals surface area contributed by atoms with Crippen molar-refractivity contribution >= 4 is 0 Å². The minimum atomic E-state index is 0.512. The first-order chi connectivity index (χ1) is 10.2. The fraction of sp³-hybridized carbons (Fsp3) is 0.176. The van der Waals surface area contributed by atoms with Crippen LogP contribution in [-0.4, -0.2) is 14.8 Å². The third kappa shape index (κ3) is 2.94. The third-order valence-electron chi connectivity index (χ3n) is 3.30. The van der Waals surface area contributed by atoms with E-state index in [0.717, 1.165) is 16.9 Å². The molecular weight excluding hydrogens is 262 g/mol. The van der Waals surface area contributed by atoms with Crippen LogP contribution < -0.4 is 4.74 Å². The van der Waals surface area contributed by atoms with Crippen molar-refractivity contribution in [3.63, 3.8) is 0 Å². The normalized spacial score (nSPS) is 10.6. The van der Waals surface area contributed by atoms with Gasteiger partial charge in [0, 0.05) is 12.3 Å². The maximum atomic E-state index is 5.87. The van der Waals surface area contributed by atoms with Crippen LogP contribution in [0.2, 0.25) is 0 Å². The van der Waals surface area contributed by atoms with E-state index in [4.69, 9.17) is 4.74 Å². The minimum absolute atomic E-state index is 0.512. The molecule has 21 heavy (non-hydrogen) atoms. The second-order valence-corrected chi connectivity index (χ2v) is 5.00. The van der Waals surface area contributed by atoms with Gasteiger partial charge >= 0.3 is 0 Å². The second-order valence-electron chi connectivity index (χ2n) is 5.00. The molecule has 1 aromatic carbocycles. The van der Waals surface area contributed by atoms with Crippen molar-refractivity contribution in [3.05, 3.63) is 71.5 Å². The van der Waals surface area contributed by atoms with E-state index in [9.17, 15) is 0 Å². The lowest BCUT2D eigenvalue weighted by molar-refractivity contribution is 0.284. The van der Waals surface area contributed by atoms with E-state index in [1.807, 2.05) is 25.1 Å². The Morgan fingerprint density at radius 3 is 2.57 bits per heavy atom. The van der Waals surface area contributed by atoms with Gasteiger partial charge < -0.3 is 4.74 Å². The molecule has 0 unspecified atom stereocenters. The van der Waals surface area contributed by atoms with Crippen LogP contribution in [0.3, 0.4) is 0 Å². The van der Waals surface area contributed by atoms with E-state index in [0.29, 0.717) is 12.5 Å². The summed E-state index contributed by atoms with van der Waals surface area (Å²) in [6.07, 6.45) is 3.48. The molecule has 0 aliphatic carbocycles. The molecule has 4 heteroatoms. The minimum Gasteiger partial charge on any atom is -0.473 e. The number of aromatic nitrogens is 3.